The molecule has 3 aliphatic heterocycles. The lowest BCUT2D eigenvalue weighted by Crippen LogP contribution is -2.44. The van der Waals surface area contributed by atoms with Gasteiger partial charge < -0.3 is 19.7 Å². The van der Waals surface area contributed by atoms with Crippen LogP contribution in [-0.2, 0) is 27.4 Å². The number of aryl methyl sites for hydroxylation is 1. The minimum atomic E-state index is -0.133. The van der Waals surface area contributed by atoms with Crippen molar-refractivity contribution in [1.82, 2.24) is 25.2 Å². The zero-order valence-corrected chi connectivity index (χ0v) is 19.0. The molecule has 2 amide bonds. The number of ether oxygens (including phenoxy) is 2. The lowest BCUT2D eigenvalue weighted by molar-refractivity contribution is -0.126. The number of aromatic nitrogens is 3. The number of nitrogens with zero attached hydrogens (tertiary/aromatic N) is 4. The SMILES string of the molecule is Cc1ccc(C2Cn3nnc(C(=O)N4CCC(C(=O)NCC5CCCO5)CC4)c3CO2)cc1. The van der Waals surface area contributed by atoms with E-state index >= 15 is 0 Å². The highest BCUT2D eigenvalue weighted by Gasteiger charge is 2.33. The van der Waals surface area contributed by atoms with Crippen molar-refractivity contribution in [3.05, 3.63) is 46.8 Å². The van der Waals surface area contributed by atoms with Crippen LogP contribution in [0.4, 0.5) is 0 Å². The van der Waals surface area contributed by atoms with Crippen LogP contribution in [-0.4, -0.2) is 64.1 Å². The predicted molar refractivity (Wildman–Crippen MR) is 119 cm³/mol. The van der Waals surface area contributed by atoms with Crippen LogP contribution >= 0.6 is 0 Å². The normalized spacial score (nSPS) is 23.4. The molecular weight excluding hydrogens is 422 g/mol. The maximum atomic E-state index is 13.1. The summed E-state index contributed by atoms with van der Waals surface area (Å²) in [5.41, 5.74) is 3.38. The van der Waals surface area contributed by atoms with Crippen LogP contribution in [0.15, 0.2) is 24.3 Å². The van der Waals surface area contributed by atoms with Crippen molar-refractivity contribution in [2.45, 2.75) is 58.0 Å². The third kappa shape index (κ3) is 4.79. The monoisotopic (exact) mass is 453 g/mol. The highest BCUT2D eigenvalue weighted by Crippen LogP contribution is 2.28. The number of amides is 2. The molecule has 1 aromatic carbocycles. The molecule has 2 fully saturated rings. The maximum absolute atomic E-state index is 13.1. The smallest absolute Gasteiger partial charge is 0.276 e. The molecule has 2 saturated heterocycles. The van der Waals surface area contributed by atoms with E-state index in [0.29, 0.717) is 51.3 Å². The molecule has 1 aromatic heterocycles. The van der Waals surface area contributed by atoms with Crippen molar-refractivity contribution < 1.29 is 19.1 Å². The van der Waals surface area contributed by atoms with Gasteiger partial charge in [0.25, 0.3) is 5.91 Å². The summed E-state index contributed by atoms with van der Waals surface area (Å²) in [5.74, 6) is -0.135. The van der Waals surface area contributed by atoms with Gasteiger partial charge in [0.15, 0.2) is 5.69 Å². The molecule has 4 heterocycles. The van der Waals surface area contributed by atoms with Gasteiger partial charge in [0.1, 0.15) is 6.10 Å². The van der Waals surface area contributed by atoms with Crippen LogP contribution in [0, 0.1) is 12.8 Å². The van der Waals surface area contributed by atoms with Gasteiger partial charge in [-0.15, -0.1) is 5.10 Å². The quantitative estimate of drug-likeness (QED) is 0.744. The minimum absolute atomic E-state index is 0.0641. The minimum Gasteiger partial charge on any atom is -0.376 e. The molecule has 2 aromatic rings. The highest BCUT2D eigenvalue weighted by atomic mass is 16.5. The molecule has 0 radical (unpaired) electrons. The first-order valence-electron chi connectivity index (χ1n) is 11.9. The number of likely N-dealkylation sites (tertiary alicyclic amines) is 1. The number of hydrogen-bond acceptors (Lipinski definition) is 6. The van der Waals surface area contributed by atoms with Crippen molar-refractivity contribution in [3.63, 3.8) is 0 Å². The summed E-state index contributed by atoms with van der Waals surface area (Å²) in [5, 5.41) is 11.4. The maximum Gasteiger partial charge on any atom is 0.276 e. The van der Waals surface area contributed by atoms with Gasteiger partial charge in [0.05, 0.1) is 24.9 Å². The molecule has 176 valence electrons. The number of rotatable bonds is 5. The van der Waals surface area contributed by atoms with Crippen LogP contribution < -0.4 is 5.32 Å². The van der Waals surface area contributed by atoms with Crippen LogP contribution in [0.2, 0.25) is 0 Å². The Morgan fingerprint density at radius 2 is 1.91 bits per heavy atom. The Hall–Kier alpha value is -2.78. The largest absolute Gasteiger partial charge is 0.376 e. The molecule has 0 aliphatic carbocycles. The zero-order valence-electron chi connectivity index (χ0n) is 19.0. The molecule has 0 saturated carbocycles. The molecule has 9 nitrogen and oxygen atoms in total. The van der Waals surface area contributed by atoms with E-state index in [4.69, 9.17) is 9.47 Å². The Kier molecular flexibility index (Phi) is 6.41. The topological polar surface area (TPSA) is 98.6 Å². The summed E-state index contributed by atoms with van der Waals surface area (Å²) in [6.45, 7) is 5.32. The summed E-state index contributed by atoms with van der Waals surface area (Å²) in [7, 11) is 0. The Morgan fingerprint density at radius 1 is 1.12 bits per heavy atom. The first kappa shape index (κ1) is 22.0. The average Bonchev–Trinajstić information content (AvgIpc) is 3.52. The second kappa shape index (κ2) is 9.61. The number of benzene rings is 1. The van der Waals surface area contributed by atoms with Crippen molar-refractivity contribution in [3.8, 4) is 0 Å². The highest BCUT2D eigenvalue weighted by molar-refractivity contribution is 5.93. The Morgan fingerprint density at radius 3 is 2.64 bits per heavy atom. The van der Waals surface area contributed by atoms with E-state index in [1.807, 2.05) is 0 Å². The Bertz CT molecular complexity index is 991. The van der Waals surface area contributed by atoms with Gasteiger partial charge in [0, 0.05) is 32.2 Å². The molecule has 2 atom stereocenters. The number of nitrogens with one attached hydrogen (secondary N) is 1. The fourth-order valence-electron chi connectivity index (χ4n) is 4.82. The number of piperidine rings is 1. The fraction of sp³-hybridized carbons (Fsp3) is 0.583. The van der Waals surface area contributed by atoms with E-state index < -0.39 is 0 Å². The molecule has 2 unspecified atom stereocenters. The number of hydrogen-bond donors (Lipinski definition) is 1. The van der Waals surface area contributed by atoms with Gasteiger partial charge in [-0.1, -0.05) is 35.0 Å². The first-order chi connectivity index (χ1) is 16.1. The number of fused-ring (bicyclic) bond motifs is 1. The Labute approximate surface area is 193 Å². The molecule has 0 spiro atoms. The van der Waals surface area contributed by atoms with E-state index in [-0.39, 0.29) is 29.9 Å². The lowest BCUT2D eigenvalue weighted by Gasteiger charge is -2.31. The predicted octanol–water partition coefficient (Wildman–Crippen LogP) is 2.01. The summed E-state index contributed by atoms with van der Waals surface area (Å²) in [6, 6.07) is 8.26. The van der Waals surface area contributed by atoms with Gasteiger partial charge in [-0.05, 0) is 38.2 Å². The van der Waals surface area contributed by atoms with E-state index in [2.05, 4.69) is 46.8 Å². The van der Waals surface area contributed by atoms with Gasteiger partial charge in [-0.25, -0.2) is 4.68 Å². The average molecular weight is 454 g/mol. The number of carbonyl (C=O) groups is 2. The molecular formula is C24H31N5O4. The summed E-state index contributed by atoms with van der Waals surface area (Å²) in [6.07, 6.45) is 3.41. The Balaban J connectivity index is 1.15. The fourth-order valence-corrected chi connectivity index (χ4v) is 4.82. The molecule has 9 heteroatoms. The second-order valence-corrected chi connectivity index (χ2v) is 9.22. The standard InChI is InChI=1S/C24H31N5O4/c1-16-4-6-17(7-5-16)21-14-29-20(15-33-21)22(26-27-29)24(31)28-10-8-18(9-11-28)23(30)25-13-19-3-2-12-32-19/h4-7,18-19,21H,2-3,8-15H2,1H3,(H,25,30). The van der Waals surface area contributed by atoms with Crippen molar-refractivity contribution in [2.24, 2.45) is 5.92 Å². The molecule has 0 bridgehead atoms. The summed E-state index contributed by atoms with van der Waals surface area (Å²) < 4.78 is 13.4. The first-order valence-corrected chi connectivity index (χ1v) is 11.9. The molecule has 33 heavy (non-hydrogen) atoms. The van der Waals surface area contributed by atoms with Crippen LogP contribution in [0.5, 0.6) is 0 Å². The van der Waals surface area contributed by atoms with E-state index in [9.17, 15) is 9.59 Å². The van der Waals surface area contributed by atoms with Crippen molar-refractivity contribution in [1.29, 1.82) is 0 Å². The molecule has 3 aliphatic rings. The molecule has 1 N–H and O–H groups in total. The van der Waals surface area contributed by atoms with Gasteiger partial charge in [0.2, 0.25) is 5.91 Å². The third-order valence-corrected chi connectivity index (χ3v) is 6.93. The van der Waals surface area contributed by atoms with Crippen LogP contribution in [0.3, 0.4) is 0 Å². The van der Waals surface area contributed by atoms with E-state index in [1.165, 1.54) is 5.56 Å². The van der Waals surface area contributed by atoms with E-state index in [0.717, 1.165) is 30.7 Å². The van der Waals surface area contributed by atoms with Gasteiger partial charge >= 0.3 is 0 Å². The van der Waals surface area contributed by atoms with Crippen molar-refractivity contribution >= 4 is 11.8 Å². The summed E-state index contributed by atoms with van der Waals surface area (Å²) >= 11 is 0. The van der Waals surface area contributed by atoms with Crippen molar-refractivity contribution in [2.75, 3.05) is 26.2 Å². The van der Waals surface area contributed by atoms with Crippen LogP contribution in [0.1, 0.15) is 59.1 Å². The zero-order chi connectivity index (χ0) is 22.8. The molecule has 5 rings (SSSR count). The van der Waals surface area contributed by atoms with Gasteiger partial charge in [-0.2, -0.15) is 0 Å². The second-order valence-electron chi connectivity index (χ2n) is 9.22. The number of carbonyl (C=O) groups excluding carboxylic acids is 2. The lowest BCUT2D eigenvalue weighted by atomic mass is 9.95. The van der Waals surface area contributed by atoms with Gasteiger partial charge in [-0.3, -0.25) is 9.59 Å². The summed E-state index contributed by atoms with van der Waals surface area (Å²) in [4.78, 5) is 27.4. The third-order valence-electron chi connectivity index (χ3n) is 6.93. The van der Waals surface area contributed by atoms with Crippen LogP contribution in [0.25, 0.3) is 0 Å². The van der Waals surface area contributed by atoms with E-state index in [1.54, 1.807) is 9.58 Å².